The standard InChI is InChI=1S/C11H23NO2/c1-6-10(5)8-12(7-2)11(13)14-9(3)4/h9-10H,6-8H2,1-5H3. The van der Waals surface area contributed by atoms with Crippen molar-refractivity contribution in [3.8, 4) is 0 Å². The molecule has 3 heteroatoms. The summed E-state index contributed by atoms with van der Waals surface area (Å²) in [5.74, 6) is 0.537. The molecule has 0 saturated heterocycles. The van der Waals surface area contributed by atoms with Gasteiger partial charge in [0.15, 0.2) is 0 Å². The summed E-state index contributed by atoms with van der Waals surface area (Å²) in [6.45, 7) is 11.5. The first-order valence-corrected chi connectivity index (χ1v) is 5.46. The van der Waals surface area contributed by atoms with Crippen LogP contribution in [0, 0.1) is 5.92 Å². The lowest BCUT2D eigenvalue weighted by Gasteiger charge is -2.24. The number of ether oxygens (including phenoxy) is 1. The third-order valence-corrected chi connectivity index (χ3v) is 2.21. The summed E-state index contributed by atoms with van der Waals surface area (Å²) >= 11 is 0. The zero-order chi connectivity index (χ0) is 11.1. The van der Waals surface area contributed by atoms with E-state index in [9.17, 15) is 4.79 Å². The monoisotopic (exact) mass is 201 g/mol. The molecule has 0 spiro atoms. The highest BCUT2D eigenvalue weighted by molar-refractivity contribution is 5.67. The summed E-state index contributed by atoms with van der Waals surface area (Å²) in [5.41, 5.74) is 0. The van der Waals surface area contributed by atoms with Gasteiger partial charge in [0.05, 0.1) is 6.10 Å². The molecule has 1 atom stereocenters. The van der Waals surface area contributed by atoms with Gasteiger partial charge in [-0.25, -0.2) is 4.79 Å². The van der Waals surface area contributed by atoms with Gasteiger partial charge in [-0.05, 0) is 26.7 Å². The van der Waals surface area contributed by atoms with Gasteiger partial charge in [-0.3, -0.25) is 0 Å². The lowest BCUT2D eigenvalue weighted by molar-refractivity contribution is 0.0741. The molecule has 1 unspecified atom stereocenters. The van der Waals surface area contributed by atoms with Gasteiger partial charge >= 0.3 is 6.09 Å². The molecule has 0 heterocycles. The minimum absolute atomic E-state index is 0.0338. The third kappa shape index (κ3) is 5.10. The van der Waals surface area contributed by atoms with Crippen molar-refractivity contribution in [3.63, 3.8) is 0 Å². The number of amides is 1. The Morgan fingerprint density at radius 3 is 2.21 bits per heavy atom. The fourth-order valence-electron chi connectivity index (χ4n) is 1.11. The average molecular weight is 201 g/mol. The number of carbonyl (C=O) groups excluding carboxylic acids is 1. The van der Waals surface area contributed by atoms with Crippen molar-refractivity contribution in [1.82, 2.24) is 4.90 Å². The molecule has 0 aliphatic heterocycles. The molecule has 14 heavy (non-hydrogen) atoms. The van der Waals surface area contributed by atoms with Crippen LogP contribution in [0.2, 0.25) is 0 Å². The van der Waals surface area contributed by atoms with Crippen LogP contribution in [0.4, 0.5) is 4.79 Å². The van der Waals surface area contributed by atoms with Crippen molar-refractivity contribution in [2.75, 3.05) is 13.1 Å². The van der Waals surface area contributed by atoms with Gasteiger partial charge in [0.25, 0.3) is 0 Å². The van der Waals surface area contributed by atoms with E-state index in [2.05, 4.69) is 13.8 Å². The topological polar surface area (TPSA) is 29.5 Å². The predicted octanol–water partition coefficient (Wildman–Crippen LogP) is 2.90. The molecule has 0 aromatic heterocycles. The molecule has 0 fully saturated rings. The molecule has 0 aromatic carbocycles. The lowest BCUT2D eigenvalue weighted by atomic mass is 10.1. The number of carbonyl (C=O) groups is 1. The quantitative estimate of drug-likeness (QED) is 0.684. The normalized spacial score (nSPS) is 12.7. The Morgan fingerprint density at radius 1 is 1.29 bits per heavy atom. The van der Waals surface area contributed by atoms with Crippen LogP contribution in [0.15, 0.2) is 0 Å². The lowest BCUT2D eigenvalue weighted by Crippen LogP contribution is -2.36. The molecule has 0 aliphatic rings. The zero-order valence-corrected chi connectivity index (χ0v) is 10.0. The highest BCUT2D eigenvalue weighted by Crippen LogP contribution is 2.06. The maximum absolute atomic E-state index is 11.5. The van der Waals surface area contributed by atoms with Crippen molar-refractivity contribution in [3.05, 3.63) is 0 Å². The Balaban J connectivity index is 4.05. The largest absolute Gasteiger partial charge is 0.447 e. The molecule has 0 radical (unpaired) electrons. The third-order valence-electron chi connectivity index (χ3n) is 2.21. The van der Waals surface area contributed by atoms with E-state index in [0.29, 0.717) is 5.92 Å². The SMILES string of the molecule is CCC(C)CN(CC)C(=O)OC(C)C. The highest BCUT2D eigenvalue weighted by atomic mass is 16.6. The second-order valence-electron chi connectivity index (χ2n) is 3.98. The Hall–Kier alpha value is -0.730. The van der Waals surface area contributed by atoms with Gasteiger partial charge in [0.1, 0.15) is 0 Å². The van der Waals surface area contributed by atoms with E-state index < -0.39 is 0 Å². The summed E-state index contributed by atoms with van der Waals surface area (Å²) in [7, 11) is 0. The predicted molar refractivity (Wildman–Crippen MR) is 58.3 cm³/mol. The van der Waals surface area contributed by atoms with Crippen LogP contribution in [0.3, 0.4) is 0 Å². The molecule has 0 bridgehead atoms. The van der Waals surface area contributed by atoms with Crippen LogP contribution in [0.25, 0.3) is 0 Å². The number of rotatable bonds is 5. The van der Waals surface area contributed by atoms with Crippen molar-refractivity contribution in [1.29, 1.82) is 0 Å². The van der Waals surface area contributed by atoms with E-state index in [4.69, 9.17) is 4.74 Å². The van der Waals surface area contributed by atoms with Gasteiger partial charge < -0.3 is 9.64 Å². The van der Waals surface area contributed by atoms with Crippen LogP contribution in [-0.2, 0) is 4.74 Å². The second kappa shape index (κ2) is 6.68. The van der Waals surface area contributed by atoms with E-state index in [-0.39, 0.29) is 12.2 Å². The molecule has 1 amide bonds. The number of nitrogens with zero attached hydrogens (tertiary/aromatic N) is 1. The van der Waals surface area contributed by atoms with E-state index in [1.54, 1.807) is 4.90 Å². The molecular formula is C11H23NO2. The molecule has 3 nitrogen and oxygen atoms in total. The van der Waals surface area contributed by atoms with Crippen molar-refractivity contribution >= 4 is 6.09 Å². The Bertz CT molecular complexity index is 169. The minimum Gasteiger partial charge on any atom is -0.447 e. The van der Waals surface area contributed by atoms with Gasteiger partial charge in [0, 0.05) is 13.1 Å². The average Bonchev–Trinajstić information content (AvgIpc) is 2.12. The summed E-state index contributed by atoms with van der Waals surface area (Å²) in [6.07, 6.45) is 0.863. The first-order chi connectivity index (χ1) is 6.51. The van der Waals surface area contributed by atoms with Crippen LogP contribution < -0.4 is 0 Å². The smallest absolute Gasteiger partial charge is 0.410 e. The van der Waals surface area contributed by atoms with E-state index in [1.165, 1.54) is 0 Å². The van der Waals surface area contributed by atoms with Crippen LogP contribution in [0.5, 0.6) is 0 Å². The van der Waals surface area contributed by atoms with Crippen molar-refractivity contribution in [2.24, 2.45) is 5.92 Å². The first-order valence-electron chi connectivity index (χ1n) is 5.46. The summed E-state index contributed by atoms with van der Waals surface area (Å²) < 4.78 is 5.14. The highest BCUT2D eigenvalue weighted by Gasteiger charge is 2.16. The maximum Gasteiger partial charge on any atom is 0.410 e. The Morgan fingerprint density at radius 2 is 1.86 bits per heavy atom. The van der Waals surface area contributed by atoms with Crippen LogP contribution in [-0.4, -0.2) is 30.2 Å². The Kier molecular flexibility index (Phi) is 6.34. The Labute approximate surface area is 87.4 Å². The van der Waals surface area contributed by atoms with Gasteiger partial charge in [-0.15, -0.1) is 0 Å². The fraction of sp³-hybridized carbons (Fsp3) is 0.909. The van der Waals surface area contributed by atoms with E-state index >= 15 is 0 Å². The number of hydrogen-bond acceptors (Lipinski definition) is 2. The van der Waals surface area contributed by atoms with Crippen molar-refractivity contribution < 1.29 is 9.53 Å². The van der Waals surface area contributed by atoms with E-state index in [1.807, 2.05) is 20.8 Å². The second-order valence-corrected chi connectivity index (χ2v) is 3.98. The first kappa shape index (κ1) is 13.3. The van der Waals surface area contributed by atoms with Crippen LogP contribution in [0.1, 0.15) is 41.0 Å². The molecule has 0 aromatic rings. The van der Waals surface area contributed by atoms with Gasteiger partial charge in [-0.1, -0.05) is 20.3 Å². The summed E-state index contributed by atoms with van der Waals surface area (Å²) in [5, 5.41) is 0. The molecule has 0 saturated carbocycles. The van der Waals surface area contributed by atoms with Crippen LogP contribution >= 0.6 is 0 Å². The maximum atomic E-state index is 11.5. The molecule has 84 valence electrons. The molecule has 0 N–H and O–H groups in total. The molecule has 0 rings (SSSR count). The fourth-order valence-corrected chi connectivity index (χ4v) is 1.11. The van der Waals surface area contributed by atoms with Crippen molar-refractivity contribution in [2.45, 2.75) is 47.1 Å². The minimum atomic E-state index is -0.192. The molecule has 0 aliphatic carbocycles. The zero-order valence-electron chi connectivity index (χ0n) is 10.0. The van der Waals surface area contributed by atoms with E-state index in [0.717, 1.165) is 19.5 Å². The van der Waals surface area contributed by atoms with Gasteiger partial charge in [-0.2, -0.15) is 0 Å². The summed E-state index contributed by atoms with van der Waals surface area (Å²) in [4.78, 5) is 13.3. The van der Waals surface area contributed by atoms with Gasteiger partial charge in [0.2, 0.25) is 0 Å². The summed E-state index contributed by atoms with van der Waals surface area (Å²) in [6, 6.07) is 0. The molecular weight excluding hydrogens is 178 g/mol. The number of hydrogen-bond donors (Lipinski definition) is 0.